The number of hydrogen-bond acceptors (Lipinski definition) is 6. The maximum atomic E-state index is 14.2. The summed E-state index contributed by atoms with van der Waals surface area (Å²) in [7, 11) is 1.67. The first kappa shape index (κ1) is 17.0. The van der Waals surface area contributed by atoms with Gasteiger partial charge in [-0.25, -0.2) is 13.2 Å². The summed E-state index contributed by atoms with van der Waals surface area (Å²) >= 11 is 0. The van der Waals surface area contributed by atoms with Crippen molar-refractivity contribution in [2.24, 2.45) is 0 Å². The molecule has 1 rings (SSSR count). The Balaban J connectivity index is 3.84. The van der Waals surface area contributed by atoms with Gasteiger partial charge in [-0.05, 0) is 0 Å². The average molecular weight is 312 g/mol. The summed E-state index contributed by atoms with van der Waals surface area (Å²) in [6.45, 7) is 0. The minimum absolute atomic E-state index is 0.833. The molecular weight excluding hydrogens is 305 g/mol. The number of nitriles is 2. The van der Waals surface area contributed by atoms with Crippen LogP contribution in [0.25, 0.3) is 0 Å². The van der Waals surface area contributed by atoms with Gasteiger partial charge in [-0.15, -0.1) is 0 Å². The van der Waals surface area contributed by atoms with Crippen molar-refractivity contribution in [3.8, 4) is 12.1 Å². The van der Waals surface area contributed by atoms with E-state index in [4.69, 9.17) is 10.5 Å². The first-order valence-electron chi connectivity index (χ1n) is 5.51. The molecule has 0 aromatic heterocycles. The third-order valence-electron chi connectivity index (χ3n) is 2.74. The highest BCUT2D eigenvalue weighted by Crippen LogP contribution is 2.31. The standard InChI is InChI=1S/C13H7F3N2O4/c1-21-12(19)8(13(20)22-2)7-9(14)5(3-17)6(4-18)10(15)11(7)16/h8H,1-2H3. The zero-order valence-corrected chi connectivity index (χ0v) is 11.2. The Kier molecular flexibility index (Phi) is 5.09. The fourth-order valence-electron chi connectivity index (χ4n) is 1.71. The molecule has 0 amide bonds. The predicted octanol–water partition coefficient (Wildman–Crippen LogP) is 1.28. The van der Waals surface area contributed by atoms with E-state index in [1.807, 2.05) is 0 Å². The Morgan fingerprint density at radius 2 is 1.32 bits per heavy atom. The molecule has 0 aliphatic heterocycles. The number of benzene rings is 1. The van der Waals surface area contributed by atoms with Crippen molar-refractivity contribution in [3.63, 3.8) is 0 Å². The number of rotatable bonds is 3. The zero-order chi connectivity index (χ0) is 17.0. The van der Waals surface area contributed by atoms with E-state index in [1.54, 1.807) is 0 Å². The number of methoxy groups -OCH3 is 2. The second kappa shape index (κ2) is 6.59. The van der Waals surface area contributed by atoms with Gasteiger partial charge in [-0.3, -0.25) is 9.59 Å². The number of nitrogens with zero attached hydrogens (tertiary/aromatic N) is 2. The molecule has 0 unspecified atom stereocenters. The predicted molar refractivity (Wildman–Crippen MR) is 62.5 cm³/mol. The summed E-state index contributed by atoms with van der Waals surface area (Å²) in [6, 6.07) is 2.32. The lowest BCUT2D eigenvalue weighted by atomic mass is 9.93. The lowest BCUT2D eigenvalue weighted by molar-refractivity contribution is -0.154. The summed E-state index contributed by atoms with van der Waals surface area (Å²) < 4.78 is 50.4. The SMILES string of the molecule is COC(=O)C(C(=O)OC)c1c(F)c(F)c(C#N)c(C#N)c1F. The van der Waals surface area contributed by atoms with Crippen LogP contribution in [0.3, 0.4) is 0 Å². The molecule has 0 spiro atoms. The molecule has 0 aliphatic rings. The molecule has 1 aromatic rings. The van der Waals surface area contributed by atoms with Gasteiger partial charge in [0.05, 0.1) is 19.8 Å². The van der Waals surface area contributed by atoms with Crippen molar-refractivity contribution in [1.29, 1.82) is 10.5 Å². The highest BCUT2D eigenvalue weighted by atomic mass is 19.2. The van der Waals surface area contributed by atoms with Crippen LogP contribution in [0.1, 0.15) is 22.6 Å². The van der Waals surface area contributed by atoms with Crippen LogP contribution in [0.2, 0.25) is 0 Å². The fraction of sp³-hybridized carbons (Fsp3) is 0.231. The minimum Gasteiger partial charge on any atom is -0.468 e. The molecule has 0 aliphatic carbocycles. The van der Waals surface area contributed by atoms with Crippen LogP contribution in [-0.4, -0.2) is 26.2 Å². The molecule has 0 saturated heterocycles. The summed E-state index contributed by atoms with van der Waals surface area (Å²) in [5.41, 5.74) is -3.66. The molecule has 0 N–H and O–H groups in total. The van der Waals surface area contributed by atoms with Crippen LogP contribution in [-0.2, 0) is 19.1 Å². The van der Waals surface area contributed by atoms with Crippen LogP contribution < -0.4 is 0 Å². The highest BCUT2D eigenvalue weighted by Gasteiger charge is 2.39. The third-order valence-corrected chi connectivity index (χ3v) is 2.74. The molecule has 0 atom stereocenters. The third kappa shape index (κ3) is 2.56. The van der Waals surface area contributed by atoms with Gasteiger partial charge >= 0.3 is 11.9 Å². The highest BCUT2D eigenvalue weighted by molar-refractivity contribution is 6.01. The van der Waals surface area contributed by atoms with Crippen LogP contribution in [0.15, 0.2) is 0 Å². The smallest absolute Gasteiger partial charge is 0.324 e. The second-order valence-corrected chi connectivity index (χ2v) is 3.81. The van der Waals surface area contributed by atoms with E-state index in [0.717, 1.165) is 20.3 Å². The Morgan fingerprint density at radius 1 is 0.909 bits per heavy atom. The Hall–Kier alpha value is -3.07. The molecule has 0 fully saturated rings. The molecule has 0 heterocycles. The summed E-state index contributed by atoms with van der Waals surface area (Å²) in [5.74, 6) is -10.6. The number of ether oxygens (including phenoxy) is 2. The summed E-state index contributed by atoms with van der Waals surface area (Å²) in [4.78, 5) is 23.1. The van der Waals surface area contributed by atoms with Gasteiger partial charge < -0.3 is 9.47 Å². The molecule has 0 saturated carbocycles. The minimum atomic E-state index is -2.27. The first-order valence-corrected chi connectivity index (χ1v) is 5.51. The molecule has 114 valence electrons. The second-order valence-electron chi connectivity index (χ2n) is 3.81. The molecule has 9 heteroatoms. The fourth-order valence-corrected chi connectivity index (χ4v) is 1.71. The largest absolute Gasteiger partial charge is 0.468 e. The van der Waals surface area contributed by atoms with Crippen molar-refractivity contribution in [2.45, 2.75) is 5.92 Å². The van der Waals surface area contributed by atoms with Gasteiger partial charge in [-0.1, -0.05) is 0 Å². The first-order chi connectivity index (χ1) is 10.3. The maximum absolute atomic E-state index is 14.2. The quantitative estimate of drug-likeness (QED) is 0.473. The number of carbonyl (C=O) groups is 2. The van der Waals surface area contributed by atoms with E-state index in [0.29, 0.717) is 0 Å². The van der Waals surface area contributed by atoms with E-state index in [9.17, 15) is 22.8 Å². The Morgan fingerprint density at radius 3 is 1.68 bits per heavy atom. The van der Waals surface area contributed by atoms with Crippen LogP contribution in [0, 0.1) is 40.1 Å². The zero-order valence-electron chi connectivity index (χ0n) is 11.2. The molecule has 0 radical (unpaired) electrons. The van der Waals surface area contributed by atoms with Crippen molar-refractivity contribution >= 4 is 11.9 Å². The van der Waals surface area contributed by atoms with Crippen LogP contribution in [0.5, 0.6) is 0 Å². The number of carbonyl (C=O) groups excluding carboxylic acids is 2. The van der Waals surface area contributed by atoms with Gasteiger partial charge in [0.25, 0.3) is 0 Å². The number of hydrogen-bond donors (Lipinski definition) is 0. The van der Waals surface area contributed by atoms with E-state index in [-0.39, 0.29) is 0 Å². The summed E-state index contributed by atoms with van der Waals surface area (Å²) in [5, 5.41) is 17.4. The van der Waals surface area contributed by atoms with Gasteiger partial charge in [0.1, 0.15) is 29.1 Å². The normalized spacial score (nSPS) is 9.82. The van der Waals surface area contributed by atoms with Crippen molar-refractivity contribution in [1.82, 2.24) is 0 Å². The van der Waals surface area contributed by atoms with Crippen molar-refractivity contribution in [2.75, 3.05) is 14.2 Å². The molecule has 6 nitrogen and oxygen atoms in total. The van der Waals surface area contributed by atoms with E-state index in [1.165, 1.54) is 6.07 Å². The van der Waals surface area contributed by atoms with E-state index < -0.39 is 52.0 Å². The lowest BCUT2D eigenvalue weighted by Crippen LogP contribution is -2.27. The molecule has 0 bridgehead atoms. The van der Waals surface area contributed by atoms with Crippen LogP contribution >= 0.6 is 0 Å². The average Bonchev–Trinajstić information content (AvgIpc) is 2.53. The monoisotopic (exact) mass is 312 g/mol. The number of halogens is 3. The molecular formula is C13H7F3N2O4. The molecule has 22 heavy (non-hydrogen) atoms. The summed E-state index contributed by atoms with van der Waals surface area (Å²) in [6.07, 6.45) is 0. The van der Waals surface area contributed by atoms with Gasteiger partial charge in [0, 0.05) is 0 Å². The van der Waals surface area contributed by atoms with Crippen molar-refractivity contribution in [3.05, 3.63) is 34.1 Å². The lowest BCUT2D eigenvalue weighted by Gasteiger charge is -2.16. The topological polar surface area (TPSA) is 100 Å². The molecule has 1 aromatic carbocycles. The Bertz CT molecular complexity index is 719. The van der Waals surface area contributed by atoms with Gasteiger partial charge in [0.2, 0.25) is 0 Å². The van der Waals surface area contributed by atoms with Gasteiger partial charge in [-0.2, -0.15) is 10.5 Å². The van der Waals surface area contributed by atoms with Crippen molar-refractivity contribution < 1.29 is 32.2 Å². The van der Waals surface area contributed by atoms with Gasteiger partial charge in [0.15, 0.2) is 17.6 Å². The van der Waals surface area contributed by atoms with E-state index >= 15 is 0 Å². The maximum Gasteiger partial charge on any atom is 0.324 e. The number of esters is 2. The van der Waals surface area contributed by atoms with E-state index in [2.05, 4.69) is 9.47 Å². The van der Waals surface area contributed by atoms with Crippen LogP contribution in [0.4, 0.5) is 13.2 Å². The Labute approximate surface area is 122 Å².